The Bertz CT molecular complexity index is 1120. The van der Waals surface area contributed by atoms with Crippen LogP contribution in [0.3, 0.4) is 0 Å². The summed E-state index contributed by atoms with van der Waals surface area (Å²) in [5, 5.41) is 0.337. The molecule has 0 saturated heterocycles. The number of esters is 1. The van der Waals surface area contributed by atoms with E-state index in [-0.39, 0.29) is 0 Å². The Labute approximate surface area is 166 Å². The second kappa shape index (κ2) is 7.74. The third-order valence-electron chi connectivity index (χ3n) is 4.20. The standard InChI is InChI=1S/C22H17ClN2O3/c1-2-27-20-13-14(21-24-17-9-5-6-10-18(17)25-21)11-12-19(20)28-22(26)15-7-3-4-8-16(15)23/h3-13H,2H2,1H3,(H,24,25). The summed E-state index contributed by atoms with van der Waals surface area (Å²) in [4.78, 5) is 20.4. The monoisotopic (exact) mass is 392 g/mol. The van der Waals surface area contributed by atoms with Gasteiger partial charge in [-0.3, -0.25) is 0 Å². The Morgan fingerprint density at radius 2 is 1.82 bits per heavy atom. The van der Waals surface area contributed by atoms with Gasteiger partial charge in [0, 0.05) is 5.56 Å². The highest BCUT2D eigenvalue weighted by atomic mass is 35.5. The van der Waals surface area contributed by atoms with E-state index in [4.69, 9.17) is 21.1 Å². The van der Waals surface area contributed by atoms with E-state index < -0.39 is 5.97 Å². The van der Waals surface area contributed by atoms with E-state index in [0.717, 1.165) is 16.6 Å². The molecule has 4 aromatic rings. The first-order valence-electron chi connectivity index (χ1n) is 8.84. The van der Waals surface area contributed by atoms with E-state index in [1.807, 2.05) is 37.3 Å². The highest BCUT2D eigenvalue weighted by molar-refractivity contribution is 6.33. The lowest BCUT2D eigenvalue weighted by molar-refractivity contribution is 0.0728. The summed E-state index contributed by atoms with van der Waals surface area (Å²) in [7, 11) is 0. The molecule has 0 unspecified atom stereocenters. The van der Waals surface area contributed by atoms with Crippen LogP contribution in [0.5, 0.6) is 11.5 Å². The van der Waals surface area contributed by atoms with Gasteiger partial charge < -0.3 is 14.5 Å². The highest BCUT2D eigenvalue weighted by Crippen LogP contribution is 2.33. The number of halogens is 1. The molecule has 28 heavy (non-hydrogen) atoms. The molecule has 6 heteroatoms. The minimum absolute atomic E-state index is 0.299. The van der Waals surface area contributed by atoms with E-state index in [1.165, 1.54) is 0 Å². The summed E-state index contributed by atoms with van der Waals surface area (Å²) >= 11 is 6.09. The average Bonchev–Trinajstić information content (AvgIpc) is 3.14. The van der Waals surface area contributed by atoms with E-state index in [2.05, 4.69) is 9.97 Å². The number of rotatable bonds is 5. The summed E-state index contributed by atoms with van der Waals surface area (Å²) in [6, 6.07) is 19.9. The lowest BCUT2D eigenvalue weighted by atomic mass is 10.2. The summed E-state index contributed by atoms with van der Waals surface area (Å²) in [5.41, 5.74) is 2.96. The number of carbonyl (C=O) groups is 1. The van der Waals surface area contributed by atoms with Gasteiger partial charge in [-0.15, -0.1) is 0 Å². The van der Waals surface area contributed by atoms with Gasteiger partial charge in [-0.2, -0.15) is 0 Å². The molecule has 140 valence electrons. The molecule has 1 aromatic heterocycles. The van der Waals surface area contributed by atoms with Crippen LogP contribution in [0.15, 0.2) is 66.7 Å². The largest absolute Gasteiger partial charge is 0.490 e. The van der Waals surface area contributed by atoms with Crippen LogP contribution in [0.1, 0.15) is 17.3 Å². The number of carbonyl (C=O) groups excluding carboxylic acids is 1. The first kappa shape index (κ1) is 18.1. The minimum atomic E-state index is -0.539. The van der Waals surface area contributed by atoms with Crippen molar-refractivity contribution in [1.29, 1.82) is 0 Å². The second-order valence-corrected chi connectivity index (χ2v) is 6.47. The SMILES string of the molecule is CCOc1cc(-c2nc3ccccc3[nH]2)ccc1OC(=O)c1ccccc1Cl. The number of nitrogens with zero attached hydrogens (tertiary/aromatic N) is 1. The van der Waals surface area contributed by atoms with Gasteiger partial charge in [-0.25, -0.2) is 9.78 Å². The van der Waals surface area contributed by atoms with Crippen molar-refractivity contribution in [2.24, 2.45) is 0 Å². The zero-order chi connectivity index (χ0) is 19.5. The van der Waals surface area contributed by atoms with Gasteiger partial charge in [0.2, 0.25) is 0 Å². The van der Waals surface area contributed by atoms with Gasteiger partial charge in [-0.05, 0) is 49.4 Å². The van der Waals surface area contributed by atoms with Crippen molar-refractivity contribution in [3.63, 3.8) is 0 Å². The van der Waals surface area contributed by atoms with Crippen LogP contribution in [0.4, 0.5) is 0 Å². The van der Waals surface area contributed by atoms with Gasteiger partial charge >= 0.3 is 5.97 Å². The van der Waals surface area contributed by atoms with Gasteiger partial charge in [0.15, 0.2) is 11.5 Å². The smallest absolute Gasteiger partial charge is 0.345 e. The molecule has 3 aromatic carbocycles. The summed E-state index contributed by atoms with van der Waals surface area (Å²) in [5.74, 6) is 0.960. The van der Waals surface area contributed by atoms with Crippen molar-refractivity contribution in [3.8, 4) is 22.9 Å². The lowest BCUT2D eigenvalue weighted by Crippen LogP contribution is -2.10. The van der Waals surface area contributed by atoms with Crippen LogP contribution in [0.25, 0.3) is 22.4 Å². The Hall–Kier alpha value is -3.31. The molecule has 0 spiro atoms. The maximum absolute atomic E-state index is 12.5. The van der Waals surface area contributed by atoms with Crippen LogP contribution in [0, 0.1) is 0 Å². The van der Waals surface area contributed by atoms with Crippen molar-refractivity contribution < 1.29 is 14.3 Å². The molecule has 0 fully saturated rings. The number of aromatic amines is 1. The van der Waals surface area contributed by atoms with Crippen molar-refractivity contribution >= 4 is 28.6 Å². The fourth-order valence-electron chi connectivity index (χ4n) is 2.88. The third kappa shape index (κ3) is 3.57. The van der Waals surface area contributed by atoms with Crippen molar-refractivity contribution in [2.75, 3.05) is 6.61 Å². The average molecular weight is 393 g/mol. The molecule has 0 saturated carbocycles. The summed E-state index contributed by atoms with van der Waals surface area (Å²) in [6.45, 7) is 2.30. The van der Waals surface area contributed by atoms with Crippen molar-refractivity contribution in [3.05, 3.63) is 77.3 Å². The van der Waals surface area contributed by atoms with Crippen molar-refractivity contribution in [1.82, 2.24) is 9.97 Å². The quantitative estimate of drug-likeness (QED) is 0.359. The maximum Gasteiger partial charge on any atom is 0.345 e. The number of ether oxygens (including phenoxy) is 2. The minimum Gasteiger partial charge on any atom is -0.490 e. The predicted molar refractivity (Wildman–Crippen MR) is 109 cm³/mol. The van der Waals surface area contributed by atoms with E-state index >= 15 is 0 Å². The molecular formula is C22H17ClN2O3. The van der Waals surface area contributed by atoms with Gasteiger partial charge in [0.25, 0.3) is 0 Å². The molecule has 5 nitrogen and oxygen atoms in total. The maximum atomic E-state index is 12.5. The summed E-state index contributed by atoms with van der Waals surface area (Å²) < 4.78 is 11.2. The second-order valence-electron chi connectivity index (χ2n) is 6.07. The number of hydrogen-bond donors (Lipinski definition) is 1. The topological polar surface area (TPSA) is 64.2 Å². The van der Waals surface area contributed by atoms with E-state index in [9.17, 15) is 4.79 Å². The molecule has 0 aliphatic heterocycles. The Morgan fingerprint density at radius 3 is 2.61 bits per heavy atom. The Balaban J connectivity index is 1.67. The number of para-hydroxylation sites is 2. The fourth-order valence-corrected chi connectivity index (χ4v) is 3.09. The third-order valence-corrected chi connectivity index (χ3v) is 4.53. The number of aromatic nitrogens is 2. The van der Waals surface area contributed by atoms with Gasteiger partial charge in [-0.1, -0.05) is 35.9 Å². The Morgan fingerprint density at radius 1 is 1.04 bits per heavy atom. The molecule has 4 rings (SSSR count). The number of fused-ring (bicyclic) bond motifs is 1. The molecule has 0 radical (unpaired) electrons. The van der Waals surface area contributed by atoms with Gasteiger partial charge in [0.1, 0.15) is 5.82 Å². The zero-order valence-corrected chi connectivity index (χ0v) is 15.9. The molecule has 1 N–H and O–H groups in total. The van der Waals surface area contributed by atoms with Gasteiger partial charge in [0.05, 0.1) is 28.2 Å². The molecule has 0 bridgehead atoms. The van der Waals surface area contributed by atoms with Crippen LogP contribution in [-0.4, -0.2) is 22.5 Å². The molecule has 0 aliphatic carbocycles. The number of benzene rings is 3. The molecule has 0 atom stereocenters. The zero-order valence-electron chi connectivity index (χ0n) is 15.1. The number of hydrogen-bond acceptors (Lipinski definition) is 4. The molecular weight excluding hydrogens is 376 g/mol. The fraction of sp³-hybridized carbons (Fsp3) is 0.0909. The van der Waals surface area contributed by atoms with E-state index in [0.29, 0.717) is 34.5 Å². The Kier molecular flexibility index (Phi) is 5.00. The molecule has 0 aliphatic rings. The number of imidazole rings is 1. The number of H-pyrrole nitrogens is 1. The predicted octanol–water partition coefficient (Wildman–Crippen LogP) is 5.50. The molecule has 0 amide bonds. The van der Waals surface area contributed by atoms with Crippen LogP contribution >= 0.6 is 11.6 Å². The van der Waals surface area contributed by atoms with Crippen LogP contribution in [-0.2, 0) is 0 Å². The first-order chi connectivity index (χ1) is 13.7. The lowest BCUT2D eigenvalue weighted by Gasteiger charge is -2.12. The number of nitrogens with one attached hydrogen (secondary N) is 1. The van der Waals surface area contributed by atoms with Crippen molar-refractivity contribution in [2.45, 2.75) is 6.92 Å². The molecule has 1 heterocycles. The summed E-state index contributed by atoms with van der Waals surface area (Å²) in [6.07, 6.45) is 0. The van der Waals surface area contributed by atoms with Crippen LogP contribution < -0.4 is 9.47 Å². The first-order valence-corrected chi connectivity index (χ1v) is 9.22. The normalized spacial score (nSPS) is 10.8. The van der Waals surface area contributed by atoms with Crippen LogP contribution in [0.2, 0.25) is 5.02 Å². The highest BCUT2D eigenvalue weighted by Gasteiger charge is 2.17. The van der Waals surface area contributed by atoms with E-state index in [1.54, 1.807) is 36.4 Å².